The number of thiazole rings is 1. The lowest BCUT2D eigenvalue weighted by Gasteiger charge is -2.41. The largest absolute Gasteiger partial charge is 0.391 e. The number of aromatic nitrogens is 1. The summed E-state index contributed by atoms with van der Waals surface area (Å²) >= 11 is 8.73. The molecule has 0 saturated heterocycles. The lowest BCUT2D eigenvalue weighted by Crippen LogP contribution is -2.49. The summed E-state index contributed by atoms with van der Waals surface area (Å²) in [4.78, 5) is 6.23. The topological polar surface area (TPSA) is 40.2 Å². The van der Waals surface area contributed by atoms with Gasteiger partial charge in [-0.1, -0.05) is 11.6 Å². The van der Waals surface area contributed by atoms with Gasteiger partial charge in [0.25, 0.3) is 0 Å². The van der Waals surface area contributed by atoms with Crippen LogP contribution in [0.2, 0.25) is 5.02 Å². The van der Waals surface area contributed by atoms with Crippen molar-refractivity contribution in [3.8, 4) is 0 Å². The number of likely N-dealkylation sites (N-methyl/N-ethyl adjacent to an activating group) is 1. The first-order chi connectivity index (χ1) is 13.6. The third kappa shape index (κ3) is 5.68. The Morgan fingerprint density at radius 1 is 1.28 bits per heavy atom. The number of anilines is 2. The Kier molecular flexibility index (Phi) is 7.19. The molecule has 0 bridgehead atoms. The molecule has 0 spiro atoms. The van der Waals surface area contributed by atoms with Crippen LogP contribution in [-0.2, 0) is 0 Å². The number of hydrogen-bond acceptors (Lipinski definition) is 6. The van der Waals surface area contributed by atoms with Gasteiger partial charge in [0.1, 0.15) is 5.82 Å². The minimum Gasteiger partial charge on any atom is -0.379 e. The number of alkyl halides is 3. The summed E-state index contributed by atoms with van der Waals surface area (Å²) in [7, 11) is 3.67. The first-order valence-corrected chi connectivity index (χ1v) is 11.0. The molecule has 0 aliphatic heterocycles. The highest BCUT2D eigenvalue weighted by molar-refractivity contribution is 8.00. The van der Waals surface area contributed by atoms with Gasteiger partial charge in [0.05, 0.1) is 21.5 Å². The molecule has 0 amide bonds. The highest BCUT2D eigenvalue weighted by Crippen LogP contribution is 2.40. The second-order valence-corrected chi connectivity index (χ2v) is 9.29. The third-order valence-corrected chi connectivity index (χ3v) is 6.94. The van der Waals surface area contributed by atoms with E-state index in [-0.39, 0.29) is 28.8 Å². The van der Waals surface area contributed by atoms with Crippen molar-refractivity contribution in [3.05, 3.63) is 34.5 Å². The predicted octanol–water partition coefficient (Wildman–Crippen LogP) is 6.13. The van der Waals surface area contributed by atoms with Gasteiger partial charge in [-0.3, -0.25) is 0 Å². The summed E-state index contributed by atoms with van der Waals surface area (Å²) in [6.45, 7) is 0. The zero-order valence-electron chi connectivity index (χ0n) is 15.8. The van der Waals surface area contributed by atoms with E-state index in [9.17, 15) is 17.6 Å². The Labute approximate surface area is 180 Å². The maximum atomic E-state index is 14.6. The number of benzene rings is 1. The summed E-state index contributed by atoms with van der Waals surface area (Å²) in [6.07, 6.45) is -2.20. The van der Waals surface area contributed by atoms with Crippen LogP contribution in [0.25, 0.3) is 0 Å². The second kappa shape index (κ2) is 9.28. The molecule has 3 atom stereocenters. The van der Waals surface area contributed by atoms with Crippen molar-refractivity contribution in [3.63, 3.8) is 0 Å². The molecule has 1 fully saturated rings. The van der Waals surface area contributed by atoms with Gasteiger partial charge in [-0.05, 0) is 57.4 Å². The summed E-state index contributed by atoms with van der Waals surface area (Å²) in [5, 5.41) is 5.74. The number of halogens is 5. The van der Waals surface area contributed by atoms with E-state index in [1.807, 2.05) is 19.0 Å². The van der Waals surface area contributed by atoms with Gasteiger partial charge in [-0.2, -0.15) is 13.2 Å². The van der Waals surface area contributed by atoms with E-state index in [0.29, 0.717) is 17.2 Å². The third-order valence-electron chi connectivity index (χ3n) is 4.98. The van der Waals surface area contributed by atoms with Crippen LogP contribution in [0.15, 0.2) is 28.6 Å². The molecule has 1 aromatic heterocycles. The first-order valence-electron chi connectivity index (χ1n) is 8.96. The molecular formula is C18H21ClF4N4S2. The molecule has 1 aliphatic carbocycles. The van der Waals surface area contributed by atoms with Crippen molar-refractivity contribution in [1.82, 2.24) is 9.88 Å². The van der Waals surface area contributed by atoms with Crippen LogP contribution < -0.4 is 10.0 Å². The SMILES string of the molecule is CN(C)[C@@H]1CC[C@H](C(F)(F)F)CC1Nc1cc(F)c(SNc2nccs2)cc1Cl. The Hall–Kier alpha value is -1.23. The van der Waals surface area contributed by atoms with Gasteiger partial charge >= 0.3 is 6.18 Å². The smallest absolute Gasteiger partial charge is 0.379 e. The van der Waals surface area contributed by atoms with Crippen LogP contribution in [0.5, 0.6) is 0 Å². The molecule has 1 saturated carbocycles. The Bertz CT molecular complexity index is 817. The Morgan fingerprint density at radius 3 is 2.66 bits per heavy atom. The standard InChI is InChI=1S/C18H21ClF4N4S2/c1-27(2)15-4-3-10(18(21,22)23)7-14(15)25-13-9-12(20)16(8-11(13)19)29-26-17-24-5-6-28-17/h5-6,8-10,14-15,25H,3-4,7H2,1-2H3,(H,24,26)/t10-,14?,15+/m0/s1. The van der Waals surface area contributed by atoms with Gasteiger partial charge in [-0.15, -0.1) is 11.3 Å². The molecule has 2 N–H and O–H groups in total. The average molecular weight is 469 g/mol. The zero-order valence-corrected chi connectivity index (χ0v) is 18.2. The number of nitrogens with one attached hydrogen (secondary N) is 2. The fourth-order valence-electron chi connectivity index (χ4n) is 3.51. The van der Waals surface area contributed by atoms with Crippen LogP contribution in [0.1, 0.15) is 19.3 Å². The van der Waals surface area contributed by atoms with Crippen molar-refractivity contribution < 1.29 is 17.6 Å². The predicted molar refractivity (Wildman–Crippen MR) is 111 cm³/mol. The van der Waals surface area contributed by atoms with Gasteiger partial charge in [0.15, 0.2) is 5.13 Å². The van der Waals surface area contributed by atoms with Crippen molar-refractivity contribution in [2.75, 3.05) is 24.1 Å². The first kappa shape index (κ1) is 22.5. The number of nitrogens with zero attached hydrogens (tertiary/aromatic N) is 2. The quantitative estimate of drug-likeness (QED) is 0.394. The van der Waals surface area contributed by atoms with E-state index in [2.05, 4.69) is 15.0 Å². The number of hydrogen-bond donors (Lipinski definition) is 2. The maximum absolute atomic E-state index is 14.6. The van der Waals surface area contributed by atoms with E-state index in [1.165, 1.54) is 23.5 Å². The highest BCUT2D eigenvalue weighted by atomic mass is 35.5. The zero-order chi connectivity index (χ0) is 21.2. The molecule has 0 radical (unpaired) electrons. The lowest BCUT2D eigenvalue weighted by atomic mass is 9.81. The normalized spacial score (nSPS) is 22.7. The van der Waals surface area contributed by atoms with Crippen molar-refractivity contribution in [2.45, 2.75) is 42.4 Å². The van der Waals surface area contributed by atoms with Crippen molar-refractivity contribution in [1.29, 1.82) is 0 Å². The molecule has 1 heterocycles. The van der Waals surface area contributed by atoms with Gasteiger partial charge in [0.2, 0.25) is 0 Å². The van der Waals surface area contributed by atoms with Crippen molar-refractivity contribution in [2.24, 2.45) is 5.92 Å². The van der Waals surface area contributed by atoms with E-state index in [0.717, 1.165) is 11.9 Å². The molecular weight excluding hydrogens is 448 g/mol. The molecule has 29 heavy (non-hydrogen) atoms. The molecule has 160 valence electrons. The van der Waals surface area contributed by atoms with Gasteiger partial charge < -0.3 is 14.9 Å². The maximum Gasteiger partial charge on any atom is 0.391 e. The lowest BCUT2D eigenvalue weighted by molar-refractivity contribution is -0.185. The Morgan fingerprint density at radius 2 is 2.03 bits per heavy atom. The fourth-order valence-corrected chi connectivity index (χ4v) is 5.07. The highest BCUT2D eigenvalue weighted by Gasteiger charge is 2.45. The molecule has 2 aromatic rings. The van der Waals surface area contributed by atoms with E-state index >= 15 is 0 Å². The monoisotopic (exact) mass is 468 g/mol. The minimum atomic E-state index is -4.24. The molecule has 1 aliphatic rings. The second-order valence-electron chi connectivity index (χ2n) is 7.14. The van der Waals surface area contributed by atoms with Crippen LogP contribution in [0, 0.1) is 11.7 Å². The van der Waals surface area contributed by atoms with E-state index in [1.54, 1.807) is 11.6 Å². The summed E-state index contributed by atoms with van der Waals surface area (Å²) in [6, 6.07) is 2.10. The van der Waals surface area contributed by atoms with Crippen LogP contribution in [0.3, 0.4) is 0 Å². The van der Waals surface area contributed by atoms with E-state index < -0.39 is 24.0 Å². The van der Waals surface area contributed by atoms with Crippen molar-refractivity contribution >= 4 is 45.7 Å². The van der Waals surface area contributed by atoms with E-state index in [4.69, 9.17) is 11.6 Å². The summed E-state index contributed by atoms with van der Waals surface area (Å²) in [5.74, 6) is -1.90. The van der Waals surface area contributed by atoms with Gasteiger partial charge in [0, 0.05) is 23.7 Å². The summed E-state index contributed by atoms with van der Waals surface area (Å²) < 4.78 is 57.2. The average Bonchev–Trinajstić information content (AvgIpc) is 3.16. The summed E-state index contributed by atoms with van der Waals surface area (Å²) in [5.41, 5.74) is 0.294. The number of rotatable bonds is 6. The van der Waals surface area contributed by atoms with Crippen LogP contribution >= 0.6 is 34.9 Å². The molecule has 1 aromatic carbocycles. The Balaban J connectivity index is 1.75. The van der Waals surface area contributed by atoms with Crippen LogP contribution in [0.4, 0.5) is 28.4 Å². The minimum absolute atomic E-state index is 0.0770. The fraction of sp³-hybridized carbons (Fsp3) is 0.500. The van der Waals surface area contributed by atoms with Gasteiger partial charge in [-0.25, -0.2) is 9.37 Å². The van der Waals surface area contributed by atoms with Crippen LogP contribution in [-0.4, -0.2) is 42.2 Å². The molecule has 11 heteroatoms. The molecule has 3 rings (SSSR count). The molecule has 1 unspecified atom stereocenters. The molecule has 4 nitrogen and oxygen atoms in total.